The number of carbonyl (C=O) groups excluding carboxylic acids is 1. The minimum atomic E-state index is -4.78. The van der Waals surface area contributed by atoms with Crippen LogP contribution in [0.25, 0.3) is 0 Å². The predicted octanol–water partition coefficient (Wildman–Crippen LogP) is 1.82. The molecule has 0 heterocycles. The van der Waals surface area contributed by atoms with Gasteiger partial charge in [-0.25, -0.2) is 4.79 Å². The molecule has 0 aliphatic carbocycles. The lowest BCUT2D eigenvalue weighted by atomic mass is 10.3. The van der Waals surface area contributed by atoms with Crippen LogP contribution in [-0.4, -0.2) is 37.1 Å². The van der Waals surface area contributed by atoms with Crippen LogP contribution < -0.4 is 15.0 Å². The normalized spacial score (nSPS) is 10.8. The first-order valence-corrected chi connectivity index (χ1v) is 5.28. The number of rotatable bonds is 4. The Balaban J connectivity index is 2.68. The minimum absolute atomic E-state index is 0.303. The maximum absolute atomic E-state index is 12.0. The molecule has 20 heavy (non-hydrogen) atoms. The second-order valence-electron chi connectivity index (χ2n) is 3.65. The van der Waals surface area contributed by atoms with Crippen LogP contribution in [0.1, 0.15) is 0 Å². The van der Waals surface area contributed by atoms with Gasteiger partial charge >= 0.3 is 12.5 Å². The molecule has 2 amide bonds. The van der Waals surface area contributed by atoms with Crippen LogP contribution in [0.3, 0.4) is 0 Å². The van der Waals surface area contributed by atoms with E-state index in [0.717, 1.165) is 17.0 Å². The molecule has 0 saturated heterocycles. The standard InChI is InChI=1S/C11H11F3N2O4/c1-16(9(17)6-15-10(18)19)7-2-4-8(5-3-7)20-11(12,13)14/h2-5,15H,6H2,1H3,(H,18,19). The van der Waals surface area contributed by atoms with E-state index in [1.54, 1.807) is 0 Å². The van der Waals surface area contributed by atoms with Crippen molar-refractivity contribution in [2.24, 2.45) is 0 Å². The first-order chi connectivity index (χ1) is 9.19. The molecule has 2 N–H and O–H groups in total. The molecule has 0 unspecified atom stereocenters. The zero-order valence-electron chi connectivity index (χ0n) is 10.3. The van der Waals surface area contributed by atoms with Gasteiger partial charge in [-0.1, -0.05) is 0 Å². The molecule has 0 radical (unpaired) electrons. The molecule has 0 fully saturated rings. The van der Waals surface area contributed by atoms with Gasteiger partial charge in [-0.2, -0.15) is 0 Å². The van der Waals surface area contributed by atoms with Crippen molar-refractivity contribution in [2.45, 2.75) is 6.36 Å². The topological polar surface area (TPSA) is 78.9 Å². The van der Waals surface area contributed by atoms with E-state index in [4.69, 9.17) is 5.11 Å². The number of likely N-dealkylation sites (N-methyl/N-ethyl adjacent to an activating group) is 1. The summed E-state index contributed by atoms with van der Waals surface area (Å²) < 4.78 is 39.5. The Hall–Kier alpha value is -2.45. The summed E-state index contributed by atoms with van der Waals surface area (Å²) in [6, 6.07) is 4.61. The average Bonchev–Trinajstić information content (AvgIpc) is 2.34. The molecule has 0 saturated carbocycles. The van der Waals surface area contributed by atoms with Gasteiger partial charge in [0.2, 0.25) is 5.91 Å². The highest BCUT2D eigenvalue weighted by atomic mass is 19.4. The summed E-state index contributed by atoms with van der Waals surface area (Å²) in [4.78, 5) is 22.9. The molecule has 0 aromatic heterocycles. The first kappa shape index (κ1) is 15.6. The van der Waals surface area contributed by atoms with Gasteiger partial charge in [-0.05, 0) is 24.3 Å². The third kappa shape index (κ3) is 5.04. The number of anilines is 1. The van der Waals surface area contributed by atoms with E-state index in [-0.39, 0.29) is 0 Å². The number of hydrogen-bond donors (Lipinski definition) is 2. The van der Waals surface area contributed by atoms with Gasteiger partial charge in [-0.15, -0.1) is 13.2 Å². The highest BCUT2D eigenvalue weighted by Gasteiger charge is 2.31. The van der Waals surface area contributed by atoms with E-state index in [0.29, 0.717) is 5.69 Å². The number of amides is 2. The van der Waals surface area contributed by atoms with Gasteiger partial charge < -0.3 is 20.1 Å². The lowest BCUT2D eigenvalue weighted by molar-refractivity contribution is -0.274. The second-order valence-corrected chi connectivity index (χ2v) is 3.65. The first-order valence-electron chi connectivity index (χ1n) is 5.28. The third-order valence-electron chi connectivity index (χ3n) is 2.22. The highest BCUT2D eigenvalue weighted by Crippen LogP contribution is 2.24. The summed E-state index contributed by atoms with van der Waals surface area (Å²) in [6.07, 6.45) is -6.13. The van der Waals surface area contributed by atoms with E-state index in [9.17, 15) is 22.8 Å². The Bertz CT molecular complexity index is 487. The van der Waals surface area contributed by atoms with Gasteiger partial charge in [0.25, 0.3) is 0 Å². The van der Waals surface area contributed by atoms with Crippen molar-refractivity contribution in [3.63, 3.8) is 0 Å². The van der Waals surface area contributed by atoms with Crippen LogP contribution in [0.4, 0.5) is 23.7 Å². The lowest BCUT2D eigenvalue weighted by Crippen LogP contribution is -2.37. The molecule has 1 aromatic carbocycles. The fraction of sp³-hybridized carbons (Fsp3) is 0.273. The van der Waals surface area contributed by atoms with Crippen LogP contribution in [0.2, 0.25) is 0 Å². The summed E-state index contributed by atoms with van der Waals surface area (Å²) in [5, 5.41) is 10.2. The maximum atomic E-state index is 12.0. The van der Waals surface area contributed by atoms with E-state index in [2.05, 4.69) is 4.74 Å². The van der Waals surface area contributed by atoms with Crippen molar-refractivity contribution in [1.82, 2.24) is 5.32 Å². The van der Waals surface area contributed by atoms with E-state index < -0.39 is 30.7 Å². The zero-order chi connectivity index (χ0) is 15.3. The zero-order valence-corrected chi connectivity index (χ0v) is 10.3. The summed E-state index contributed by atoms with van der Waals surface area (Å²) in [5.74, 6) is -0.970. The fourth-order valence-corrected chi connectivity index (χ4v) is 1.29. The summed E-state index contributed by atoms with van der Waals surface area (Å²) >= 11 is 0. The van der Waals surface area contributed by atoms with Crippen LogP contribution in [0.15, 0.2) is 24.3 Å². The van der Waals surface area contributed by atoms with E-state index in [1.165, 1.54) is 19.2 Å². The molecule has 0 aliphatic rings. The number of alkyl halides is 3. The molecule has 0 atom stereocenters. The quantitative estimate of drug-likeness (QED) is 0.887. The number of nitrogens with one attached hydrogen (secondary N) is 1. The molecule has 0 spiro atoms. The van der Waals surface area contributed by atoms with Crippen molar-refractivity contribution in [3.8, 4) is 5.75 Å². The number of halogens is 3. The largest absolute Gasteiger partial charge is 0.573 e. The summed E-state index contributed by atoms with van der Waals surface area (Å²) in [5.41, 5.74) is 0.303. The number of carboxylic acid groups (broad SMARTS) is 1. The molecule has 0 aliphatic heterocycles. The second kappa shape index (κ2) is 6.13. The third-order valence-corrected chi connectivity index (χ3v) is 2.22. The lowest BCUT2D eigenvalue weighted by Gasteiger charge is -2.17. The van der Waals surface area contributed by atoms with Crippen molar-refractivity contribution < 1.29 is 32.6 Å². The van der Waals surface area contributed by atoms with Crippen molar-refractivity contribution in [2.75, 3.05) is 18.5 Å². The molecule has 6 nitrogen and oxygen atoms in total. The van der Waals surface area contributed by atoms with E-state index in [1.807, 2.05) is 5.32 Å². The number of nitrogens with zero attached hydrogens (tertiary/aromatic N) is 1. The number of benzene rings is 1. The minimum Gasteiger partial charge on any atom is -0.465 e. The average molecular weight is 292 g/mol. The smallest absolute Gasteiger partial charge is 0.465 e. The van der Waals surface area contributed by atoms with Gasteiger partial charge in [-0.3, -0.25) is 4.79 Å². The number of carbonyl (C=O) groups is 2. The molecule has 9 heteroatoms. The molecular formula is C11H11F3N2O4. The Labute approximate surface area is 111 Å². The van der Waals surface area contributed by atoms with Crippen molar-refractivity contribution in [1.29, 1.82) is 0 Å². The van der Waals surface area contributed by atoms with Gasteiger partial charge in [0.1, 0.15) is 12.3 Å². The predicted molar refractivity (Wildman–Crippen MR) is 62.6 cm³/mol. The van der Waals surface area contributed by atoms with Gasteiger partial charge in [0.05, 0.1) is 0 Å². The molecule has 1 aromatic rings. The van der Waals surface area contributed by atoms with Gasteiger partial charge in [0, 0.05) is 12.7 Å². The van der Waals surface area contributed by atoms with Crippen LogP contribution >= 0.6 is 0 Å². The summed E-state index contributed by atoms with van der Waals surface area (Å²) in [7, 11) is 1.37. The Kier molecular flexibility index (Phi) is 4.78. The van der Waals surface area contributed by atoms with Crippen LogP contribution in [0.5, 0.6) is 5.75 Å². The number of hydrogen-bond acceptors (Lipinski definition) is 3. The monoisotopic (exact) mass is 292 g/mol. The number of ether oxygens (including phenoxy) is 1. The Morgan fingerprint density at radius 3 is 2.30 bits per heavy atom. The van der Waals surface area contributed by atoms with Crippen LogP contribution in [0, 0.1) is 0 Å². The Morgan fingerprint density at radius 1 is 1.30 bits per heavy atom. The Morgan fingerprint density at radius 2 is 1.85 bits per heavy atom. The SMILES string of the molecule is CN(C(=O)CNC(=O)O)c1ccc(OC(F)(F)F)cc1. The molecule has 110 valence electrons. The molecular weight excluding hydrogens is 281 g/mol. The highest BCUT2D eigenvalue weighted by molar-refractivity contribution is 5.95. The van der Waals surface area contributed by atoms with E-state index >= 15 is 0 Å². The van der Waals surface area contributed by atoms with Crippen LogP contribution in [-0.2, 0) is 4.79 Å². The van der Waals surface area contributed by atoms with Crippen molar-refractivity contribution >= 4 is 17.7 Å². The maximum Gasteiger partial charge on any atom is 0.573 e. The van der Waals surface area contributed by atoms with Crippen molar-refractivity contribution in [3.05, 3.63) is 24.3 Å². The summed E-state index contributed by atoms with van der Waals surface area (Å²) in [6.45, 7) is -0.438. The molecule has 0 bridgehead atoms. The molecule has 1 rings (SSSR count). The van der Waals surface area contributed by atoms with Gasteiger partial charge in [0.15, 0.2) is 0 Å². The fourth-order valence-electron chi connectivity index (χ4n) is 1.29.